The van der Waals surface area contributed by atoms with Crippen LogP contribution in [0, 0.1) is 12.8 Å². The Kier molecular flexibility index (Phi) is 14.5. The molecular formula is C40H54N2O9S. The molecule has 0 amide bonds. The number of nitrogens with zero attached hydrogens (tertiary/aromatic N) is 2. The fraction of sp³-hybridized carbons (Fsp3) is 0.525. The molecular weight excluding hydrogens is 685 g/mol. The SMILES string of the molecule is CCC(C[C@@H]1C[C@H](c2ccc(COCCOC)cc2)[C@@H](OCC2CN(CCCOC)c3ccccc3O2)CN1S(=O)(=O)c1ccc(C)cc1)C(=O)O. The van der Waals surface area contributed by atoms with Gasteiger partial charge in [0.1, 0.15) is 11.9 Å². The fourth-order valence-electron chi connectivity index (χ4n) is 7.16. The van der Waals surface area contributed by atoms with Gasteiger partial charge in [0.2, 0.25) is 10.0 Å². The standard InChI is InChI=1S/C40H54N2O9S/c1-5-31(40(43)44)23-33-24-36(32-15-13-30(14-16-32)27-49-22-21-48-4)39(26-42(33)52(45,46)35-17-11-29(2)12-18-35)50-28-34-25-41(19-8-20-47-3)37-9-6-7-10-38(37)51-34/h6-7,9-18,31,33-34,36,39H,5,8,19-28H2,1-4H3,(H,43,44)/t31?,33-,34?,36-,39+/m1/s1. The summed E-state index contributed by atoms with van der Waals surface area (Å²) in [4.78, 5) is 14.8. The predicted molar refractivity (Wildman–Crippen MR) is 200 cm³/mol. The number of ether oxygens (including phenoxy) is 5. The highest BCUT2D eigenvalue weighted by Gasteiger charge is 2.44. The van der Waals surface area contributed by atoms with E-state index in [1.807, 2.05) is 44.2 Å². The number of fused-ring (bicyclic) bond motifs is 1. The zero-order valence-corrected chi connectivity index (χ0v) is 31.6. The molecule has 3 aromatic carbocycles. The molecule has 0 spiro atoms. The lowest BCUT2D eigenvalue weighted by Gasteiger charge is -2.44. The van der Waals surface area contributed by atoms with Crippen molar-refractivity contribution in [2.75, 3.05) is 65.2 Å². The molecule has 2 aliphatic rings. The van der Waals surface area contributed by atoms with Gasteiger partial charge in [-0.15, -0.1) is 0 Å². The minimum Gasteiger partial charge on any atom is -0.484 e. The molecule has 2 heterocycles. The number of hydrogen-bond acceptors (Lipinski definition) is 9. The number of anilines is 1. The number of carboxylic acid groups (broad SMARTS) is 1. The molecule has 0 saturated carbocycles. The Morgan fingerprint density at radius 2 is 1.69 bits per heavy atom. The number of aryl methyl sites for hydroxylation is 1. The van der Waals surface area contributed by atoms with E-state index in [0.717, 1.165) is 41.1 Å². The number of rotatable bonds is 19. The molecule has 52 heavy (non-hydrogen) atoms. The van der Waals surface area contributed by atoms with E-state index in [4.69, 9.17) is 23.7 Å². The van der Waals surface area contributed by atoms with Gasteiger partial charge in [0.15, 0.2) is 0 Å². The molecule has 1 fully saturated rings. The molecule has 5 atom stereocenters. The molecule has 3 aromatic rings. The third kappa shape index (κ3) is 10.1. The summed E-state index contributed by atoms with van der Waals surface area (Å²) >= 11 is 0. The number of para-hydroxylation sites is 2. The Labute approximate surface area is 308 Å². The minimum absolute atomic E-state index is 0.0737. The number of sulfonamides is 1. The topological polar surface area (TPSA) is 124 Å². The molecule has 11 nitrogen and oxygen atoms in total. The van der Waals surface area contributed by atoms with Crippen molar-refractivity contribution in [3.63, 3.8) is 0 Å². The number of methoxy groups -OCH3 is 2. The molecule has 1 saturated heterocycles. The molecule has 2 unspecified atom stereocenters. The second-order valence-electron chi connectivity index (χ2n) is 13.7. The van der Waals surface area contributed by atoms with Crippen LogP contribution < -0.4 is 9.64 Å². The van der Waals surface area contributed by atoms with Crippen LogP contribution in [0.25, 0.3) is 0 Å². The Morgan fingerprint density at radius 1 is 0.962 bits per heavy atom. The first-order valence-corrected chi connectivity index (χ1v) is 19.7. The van der Waals surface area contributed by atoms with Crippen LogP contribution in [0.5, 0.6) is 5.75 Å². The molecule has 284 valence electrons. The van der Waals surface area contributed by atoms with Crippen molar-refractivity contribution in [2.45, 2.75) is 75.2 Å². The average Bonchev–Trinajstić information content (AvgIpc) is 3.15. The van der Waals surface area contributed by atoms with E-state index in [9.17, 15) is 18.3 Å². The molecule has 0 aromatic heterocycles. The van der Waals surface area contributed by atoms with Crippen LogP contribution in [0.4, 0.5) is 5.69 Å². The summed E-state index contributed by atoms with van der Waals surface area (Å²) in [6, 6.07) is 22.4. The first-order valence-electron chi connectivity index (χ1n) is 18.2. The number of aliphatic carboxylic acids is 1. The summed E-state index contributed by atoms with van der Waals surface area (Å²) in [5.41, 5.74) is 3.99. The average molecular weight is 739 g/mol. The van der Waals surface area contributed by atoms with E-state index in [2.05, 4.69) is 23.1 Å². The summed E-state index contributed by atoms with van der Waals surface area (Å²) in [6.45, 7) is 7.57. The first kappa shape index (κ1) is 39.7. The van der Waals surface area contributed by atoms with Gasteiger partial charge in [-0.05, 0) is 68.0 Å². The maximum atomic E-state index is 14.4. The number of carboxylic acids is 1. The van der Waals surface area contributed by atoms with E-state index < -0.39 is 34.1 Å². The fourth-order valence-corrected chi connectivity index (χ4v) is 8.82. The van der Waals surface area contributed by atoms with Crippen LogP contribution in [-0.2, 0) is 40.4 Å². The summed E-state index contributed by atoms with van der Waals surface area (Å²) in [5, 5.41) is 10.1. The normalized spacial score (nSPS) is 21.3. The quantitative estimate of drug-likeness (QED) is 0.149. The minimum atomic E-state index is -3.99. The summed E-state index contributed by atoms with van der Waals surface area (Å²) < 4.78 is 59.6. The van der Waals surface area contributed by atoms with Crippen molar-refractivity contribution in [2.24, 2.45) is 5.92 Å². The van der Waals surface area contributed by atoms with Crippen molar-refractivity contribution in [1.82, 2.24) is 4.31 Å². The largest absolute Gasteiger partial charge is 0.484 e. The van der Waals surface area contributed by atoms with Crippen LogP contribution in [0.15, 0.2) is 77.7 Å². The Hall–Kier alpha value is -3.52. The van der Waals surface area contributed by atoms with Gasteiger partial charge in [-0.3, -0.25) is 4.79 Å². The van der Waals surface area contributed by atoms with Gasteiger partial charge in [0.05, 0.1) is 55.6 Å². The molecule has 0 aliphatic carbocycles. The van der Waals surface area contributed by atoms with Gasteiger partial charge in [-0.25, -0.2) is 8.42 Å². The second-order valence-corrected chi connectivity index (χ2v) is 15.6. The van der Waals surface area contributed by atoms with Crippen molar-refractivity contribution >= 4 is 21.7 Å². The van der Waals surface area contributed by atoms with Gasteiger partial charge < -0.3 is 33.7 Å². The predicted octanol–water partition coefficient (Wildman–Crippen LogP) is 5.90. The monoisotopic (exact) mass is 738 g/mol. The van der Waals surface area contributed by atoms with Gasteiger partial charge in [0, 0.05) is 45.9 Å². The van der Waals surface area contributed by atoms with Crippen molar-refractivity contribution < 1.29 is 42.0 Å². The molecule has 2 aliphatic heterocycles. The molecule has 0 radical (unpaired) electrons. The van der Waals surface area contributed by atoms with E-state index in [1.54, 1.807) is 38.5 Å². The van der Waals surface area contributed by atoms with Crippen molar-refractivity contribution in [1.29, 1.82) is 0 Å². The summed E-state index contributed by atoms with van der Waals surface area (Å²) in [7, 11) is -0.652. The van der Waals surface area contributed by atoms with Crippen LogP contribution >= 0.6 is 0 Å². The molecule has 1 N–H and O–H groups in total. The number of benzene rings is 3. The van der Waals surface area contributed by atoms with Gasteiger partial charge in [0.25, 0.3) is 0 Å². The number of piperidine rings is 1. The summed E-state index contributed by atoms with van der Waals surface area (Å²) in [5.74, 6) is -1.03. The lowest BCUT2D eigenvalue weighted by molar-refractivity contribution is -0.142. The van der Waals surface area contributed by atoms with E-state index in [-0.39, 0.29) is 36.5 Å². The third-order valence-electron chi connectivity index (χ3n) is 10.1. The van der Waals surface area contributed by atoms with Crippen LogP contribution in [0.2, 0.25) is 0 Å². The maximum absolute atomic E-state index is 14.4. The molecule has 5 rings (SSSR count). The highest BCUT2D eigenvalue weighted by atomic mass is 32.2. The zero-order chi connectivity index (χ0) is 37.1. The highest BCUT2D eigenvalue weighted by molar-refractivity contribution is 7.89. The highest BCUT2D eigenvalue weighted by Crippen LogP contribution is 2.40. The van der Waals surface area contributed by atoms with Crippen LogP contribution in [0.3, 0.4) is 0 Å². The zero-order valence-electron chi connectivity index (χ0n) is 30.8. The van der Waals surface area contributed by atoms with Crippen LogP contribution in [0.1, 0.15) is 55.2 Å². The number of carbonyl (C=O) groups is 1. The van der Waals surface area contributed by atoms with E-state index in [1.165, 1.54) is 4.31 Å². The summed E-state index contributed by atoms with van der Waals surface area (Å²) in [6.07, 6.45) is 1.05. The van der Waals surface area contributed by atoms with Gasteiger partial charge in [-0.1, -0.05) is 61.0 Å². The lowest BCUT2D eigenvalue weighted by atomic mass is 9.81. The van der Waals surface area contributed by atoms with E-state index in [0.29, 0.717) is 45.8 Å². The van der Waals surface area contributed by atoms with E-state index >= 15 is 0 Å². The van der Waals surface area contributed by atoms with Gasteiger partial charge >= 0.3 is 5.97 Å². The maximum Gasteiger partial charge on any atom is 0.306 e. The lowest BCUT2D eigenvalue weighted by Crippen LogP contribution is -2.54. The third-order valence-corrected chi connectivity index (χ3v) is 12.0. The Bertz CT molecular complexity index is 1670. The smallest absolute Gasteiger partial charge is 0.306 e. The second kappa shape index (κ2) is 19.0. The van der Waals surface area contributed by atoms with Crippen molar-refractivity contribution in [3.05, 3.63) is 89.5 Å². The Balaban J connectivity index is 1.44. The molecule has 0 bridgehead atoms. The van der Waals surface area contributed by atoms with Crippen molar-refractivity contribution in [3.8, 4) is 5.75 Å². The van der Waals surface area contributed by atoms with Gasteiger partial charge in [-0.2, -0.15) is 4.31 Å². The molecule has 12 heteroatoms. The number of hydrogen-bond donors (Lipinski definition) is 1. The Morgan fingerprint density at radius 3 is 2.38 bits per heavy atom. The first-order chi connectivity index (χ1) is 25.1. The van der Waals surface area contributed by atoms with Crippen LogP contribution in [-0.4, -0.2) is 102 Å².